The molecule has 3 unspecified atom stereocenters. The maximum atomic E-state index is 13.5. The van der Waals surface area contributed by atoms with Gasteiger partial charge in [0.1, 0.15) is 0 Å². The summed E-state index contributed by atoms with van der Waals surface area (Å²) in [6.07, 6.45) is -2.40. The standard InChI is InChI=1S/C22H25F3N4O/c1-5-21(12-7-6-8-13(9-12)22(23,24)25)14-11-26-29-18(14)27-15-10-16(20(2,3)4)28-19(30)17(15)21/h6-9,11,16,18,27H,5,10H2,1-4H3,(H,28,30). The van der Waals surface area contributed by atoms with E-state index in [1.807, 2.05) is 27.7 Å². The van der Waals surface area contributed by atoms with E-state index in [4.69, 9.17) is 0 Å². The quantitative estimate of drug-likeness (QED) is 0.723. The van der Waals surface area contributed by atoms with E-state index in [0.717, 1.165) is 17.8 Å². The number of halogens is 3. The first-order valence-corrected chi connectivity index (χ1v) is 10.1. The normalized spacial score (nSPS) is 28.5. The van der Waals surface area contributed by atoms with Crippen LogP contribution in [0.4, 0.5) is 13.2 Å². The highest BCUT2D eigenvalue weighted by Crippen LogP contribution is 2.51. The number of azo groups is 1. The van der Waals surface area contributed by atoms with Gasteiger partial charge in [-0.2, -0.15) is 23.4 Å². The summed E-state index contributed by atoms with van der Waals surface area (Å²) >= 11 is 0. The number of carbonyl (C=O) groups is 1. The van der Waals surface area contributed by atoms with Gasteiger partial charge in [0.15, 0.2) is 6.17 Å². The van der Waals surface area contributed by atoms with Crippen LogP contribution in [-0.2, 0) is 16.4 Å². The van der Waals surface area contributed by atoms with E-state index in [2.05, 4.69) is 20.9 Å². The van der Waals surface area contributed by atoms with Crippen LogP contribution in [0.2, 0.25) is 0 Å². The first-order chi connectivity index (χ1) is 14.0. The summed E-state index contributed by atoms with van der Waals surface area (Å²) in [7, 11) is 0. The largest absolute Gasteiger partial charge is 0.416 e. The summed E-state index contributed by atoms with van der Waals surface area (Å²) < 4.78 is 40.4. The van der Waals surface area contributed by atoms with Gasteiger partial charge in [0.2, 0.25) is 5.91 Å². The van der Waals surface area contributed by atoms with Crippen LogP contribution in [-0.4, -0.2) is 18.1 Å². The van der Waals surface area contributed by atoms with Crippen molar-refractivity contribution < 1.29 is 18.0 Å². The average Bonchev–Trinajstić information content (AvgIpc) is 3.13. The molecule has 1 aromatic carbocycles. The van der Waals surface area contributed by atoms with Crippen molar-refractivity contribution in [2.45, 2.75) is 64.3 Å². The molecule has 160 valence electrons. The van der Waals surface area contributed by atoms with Gasteiger partial charge in [-0.15, -0.1) is 0 Å². The molecule has 0 saturated carbocycles. The van der Waals surface area contributed by atoms with E-state index < -0.39 is 23.3 Å². The van der Waals surface area contributed by atoms with Gasteiger partial charge in [-0.1, -0.05) is 45.9 Å². The molecule has 0 aliphatic carbocycles. The SMILES string of the molecule is CCC1(c2cccc(C(F)(F)F)c2)C2=CN=NC2NC2=C1C(=O)NC(C(C)(C)C)C2. The van der Waals surface area contributed by atoms with Crippen molar-refractivity contribution in [3.8, 4) is 0 Å². The van der Waals surface area contributed by atoms with E-state index in [1.54, 1.807) is 12.3 Å². The van der Waals surface area contributed by atoms with Crippen molar-refractivity contribution in [3.05, 3.63) is 58.4 Å². The van der Waals surface area contributed by atoms with Gasteiger partial charge in [-0.05, 0) is 23.5 Å². The molecule has 8 heteroatoms. The summed E-state index contributed by atoms with van der Waals surface area (Å²) in [5.74, 6) is -0.255. The summed E-state index contributed by atoms with van der Waals surface area (Å²) in [6.45, 7) is 8.03. The zero-order valence-corrected chi connectivity index (χ0v) is 17.4. The molecule has 4 rings (SSSR count). The van der Waals surface area contributed by atoms with Gasteiger partial charge >= 0.3 is 6.18 Å². The maximum Gasteiger partial charge on any atom is 0.416 e. The van der Waals surface area contributed by atoms with Crippen molar-refractivity contribution in [1.82, 2.24) is 10.6 Å². The number of hydrogen-bond acceptors (Lipinski definition) is 4. The Hall–Kier alpha value is -2.64. The Morgan fingerprint density at radius 3 is 2.57 bits per heavy atom. The Bertz CT molecular complexity index is 987. The monoisotopic (exact) mass is 418 g/mol. The Balaban J connectivity index is 1.94. The highest BCUT2D eigenvalue weighted by atomic mass is 19.4. The van der Waals surface area contributed by atoms with Crippen molar-refractivity contribution in [2.24, 2.45) is 15.6 Å². The van der Waals surface area contributed by atoms with E-state index >= 15 is 0 Å². The molecule has 2 N–H and O–H groups in total. The molecule has 1 amide bonds. The predicted octanol–water partition coefficient (Wildman–Crippen LogP) is 4.82. The number of amides is 1. The number of rotatable bonds is 2. The van der Waals surface area contributed by atoms with Gasteiger partial charge in [-0.25, -0.2) is 0 Å². The van der Waals surface area contributed by atoms with Gasteiger partial charge in [0, 0.05) is 23.7 Å². The number of benzene rings is 1. The third kappa shape index (κ3) is 3.04. The topological polar surface area (TPSA) is 65.8 Å². The number of fused-ring (bicyclic) bond motifs is 1. The summed E-state index contributed by atoms with van der Waals surface area (Å²) in [5.41, 5.74) is 0.410. The predicted molar refractivity (Wildman–Crippen MR) is 106 cm³/mol. The third-order valence-corrected chi connectivity index (χ3v) is 6.40. The van der Waals surface area contributed by atoms with E-state index in [1.165, 1.54) is 6.07 Å². The van der Waals surface area contributed by atoms with E-state index in [9.17, 15) is 18.0 Å². The average molecular weight is 418 g/mol. The molecule has 3 aliphatic heterocycles. The number of nitrogens with zero attached hydrogens (tertiary/aromatic N) is 2. The van der Waals surface area contributed by atoms with Crippen LogP contribution in [0.15, 0.2) is 57.5 Å². The van der Waals surface area contributed by atoms with Crippen LogP contribution in [0.3, 0.4) is 0 Å². The molecule has 3 heterocycles. The van der Waals surface area contributed by atoms with Crippen LogP contribution in [0.5, 0.6) is 0 Å². The van der Waals surface area contributed by atoms with Gasteiger partial charge < -0.3 is 10.6 Å². The van der Waals surface area contributed by atoms with Crippen molar-refractivity contribution in [2.75, 3.05) is 0 Å². The fourth-order valence-electron chi connectivity index (χ4n) is 4.74. The number of alkyl halides is 3. The highest BCUT2D eigenvalue weighted by Gasteiger charge is 2.53. The fraction of sp³-hybridized carbons (Fsp3) is 0.500. The molecule has 0 saturated heterocycles. The zero-order valence-electron chi connectivity index (χ0n) is 17.4. The van der Waals surface area contributed by atoms with Crippen LogP contribution in [0.25, 0.3) is 0 Å². The first-order valence-electron chi connectivity index (χ1n) is 10.1. The smallest absolute Gasteiger partial charge is 0.362 e. The number of carbonyl (C=O) groups excluding carboxylic acids is 1. The van der Waals surface area contributed by atoms with Crippen LogP contribution < -0.4 is 10.6 Å². The Morgan fingerprint density at radius 1 is 1.20 bits per heavy atom. The molecule has 3 atom stereocenters. The summed E-state index contributed by atoms with van der Waals surface area (Å²) in [5, 5.41) is 14.7. The molecule has 30 heavy (non-hydrogen) atoms. The van der Waals surface area contributed by atoms with Crippen molar-refractivity contribution in [3.63, 3.8) is 0 Å². The van der Waals surface area contributed by atoms with E-state index in [-0.39, 0.29) is 17.4 Å². The molecule has 5 nitrogen and oxygen atoms in total. The van der Waals surface area contributed by atoms with Gasteiger partial charge in [0.25, 0.3) is 0 Å². The fourth-order valence-corrected chi connectivity index (χ4v) is 4.74. The third-order valence-electron chi connectivity index (χ3n) is 6.40. The molecular weight excluding hydrogens is 393 g/mol. The first kappa shape index (κ1) is 20.6. The maximum absolute atomic E-state index is 13.5. The molecule has 0 fully saturated rings. The zero-order chi connectivity index (χ0) is 21.9. The van der Waals surface area contributed by atoms with Crippen LogP contribution in [0, 0.1) is 5.41 Å². The number of nitrogens with one attached hydrogen (secondary N) is 2. The Labute approximate surface area is 173 Å². The second-order valence-electron chi connectivity index (χ2n) is 9.15. The van der Waals surface area contributed by atoms with Gasteiger partial charge in [0.05, 0.1) is 22.8 Å². The molecule has 0 spiro atoms. The molecule has 1 aromatic rings. The lowest BCUT2D eigenvalue weighted by Crippen LogP contribution is -2.57. The minimum Gasteiger partial charge on any atom is -0.362 e. The minimum atomic E-state index is -4.47. The van der Waals surface area contributed by atoms with Crippen LogP contribution >= 0.6 is 0 Å². The lowest BCUT2D eigenvalue weighted by molar-refractivity contribution is -0.137. The lowest BCUT2D eigenvalue weighted by Gasteiger charge is -2.48. The minimum absolute atomic E-state index is 0.101. The highest BCUT2D eigenvalue weighted by molar-refractivity contribution is 5.99. The molecule has 0 aromatic heterocycles. The summed E-state index contributed by atoms with van der Waals surface area (Å²) in [4.78, 5) is 13.4. The molecule has 3 aliphatic rings. The Morgan fingerprint density at radius 2 is 1.93 bits per heavy atom. The van der Waals surface area contributed by atoms with Crippen molar-refractivity contribution >= 4 is 5.91 Å². The summed E-state index contributed by atoms with van der Waals surface area (Å²) in [6, 6.07) is 5.16. The van der Waals surface area contributed by atoms with Crippen molar-refractivity contribution in [1.29, 1.82) is 0 Å². The van der Waals surface area contributed by atoms with Gasteiger partial charge in [-0.3, -0.25) is 4.79 Å². The van der Waals surface area contributed by atoms with E-state index in [0.29, 0.717) is 29.6 Å². The number of hydrogen-bond donors (Lipinski definition) is 2. The molecular formula is C22H25F3N4O. The molecule has 0 radical (unpaired) electrons. The second-order valence-corrected chi connectivity index (χ2v) is 9.15. The van der Waals surface area contributed by atoms with Crippen LogP contribution in [0.1, 0.15) is 51.7 Å². The Kier molecular flexibility index (Phi) is 4.60. The second kappa shape index (κ2) is 6.68. The lowest BCUT2D eigenvalue weighted by atomic mass is 9.62. The molecule has 0 bridgehead atoms.